The molecule has 104 valence electrons. The maximum absolute atomic E-state index is 13.4. The number of carbonyl (C=O) groups is 1. The van der Waals surface area contributed by atoms with Crippen LogP contribution in [0.25, 0.3) is 0 Å². The van der Waals surface area contributed by atoms with Crippen LogP contribution < -0.4 is 5.32 Å². The second kappa shape index (κ2) is 5.61. The molecule has 1 saturated carbocycles. The largest absolute Gasteiger partial charge is 0.325 e. The third-order valence-electron chi connectivity index (χ3n) is 4.02. The molecule has 19 heavy (non-hydrogen) atoms. The number of halogens is 2. The van der Waals surface area contributed by atoms with Crippen LogP contribution in [-0.2, 0) is 4.79 Å². The summed E-state index contributed by atoms with van der Waals surface area (Å²) in [7, 11) is 0. The minimum absolute atomic E-state index is 0.0498. The molecule has 1 N–H and O–H groups in total. The lowest BCUT2D eigenvalue weighted by Gasteiger charge is -2.32. The second-order valence-electron chi connectivity index (χ2n) is 5.66. The third-order valence-corrected chi connectivity index (χ3v) is 4.63. The van der Waals surface area contributed by atoms with E-state index in [1.807, 2.05) is 6.92 Å². The average molecular weight is 328 g/mol. The van der Waals surface area contributed by atoms with Crippen LogP contribution in [0.15, 0.2) is 16.6 Å². The molecule has 1 aromatic rings. The van der Waals surface area contributed by atoms with Gasteiger partial charge < -0.3 is 5.32 Å². The molecule has 1 aliphatic rings. The molecule has 2 nitrogen and oxygen atoms in total. The number of amides is 1. The van der Waals surface area contributed by atoms with Crippen molar-refractivity contribution in [2.45, 2.75) is 46.0 Å². The number of benzene rings is 1. The highest BCUT2D eigenvalue weighted by atomic mass is 79.9. The van der Waals surface area contributed by atoms with E-state index in [1.165, 1.54) is 12.5 Å². The third kappa shape index (κ3) is 3.16. The summed E-state index contributed by atoms with van der Waals surface area (Å²) in [5, 5.41) is 2.95. The minimum Gasteiger partial charge on any atom is -0.325 e. The highest BCUT2D eigenvalue weighted by Crippen LogP contribution is 2.37. The topological polar surface area (TPSA) is 29.1 Å². The number of anilines is 1. The van der Waals surface area contributed by atoms with E-state index in [0.717, 1.165) is 31.2 Å². The number of aryl methyl sites for hydroxylation is 1. The van der Waals surface area contributed by atoms with Gasteiger partial charge in [0.15, 0.2) is 0 Å². The first-order valence-electron chi connectivity index (χ1n) is 6.69. The SMILES string of the molecule is Cc1cc(F)c(Br)cc1NC(=O)C1(C)CCCCC1. The van der Waals surface area contributed by atoms with E-state index in [0.29, 0.717) is 10.2 Å². The molecule has 0 spiro atoms. The highest BCUT2D eigenvalue weighted by molar-refractivity contribution is 9.10. The number of hydrogen-bond acceptors (Lipinski definition) is 1. The summed E-state index contributed by atoms with van der Waals surface area (Å²) in [6.07, 6.45) is 5.29. The zero-order valence-corrected chi connectivity index (χ0v) is 12.9. The first kappa shape index (κ1) is 14.5. The summed E-state index contributed by atoms with van der Waals surface area (Å²) in [5.74, 6) is -0.256. The van der Waals surface area contributed by atoms with Crippen molar-refractivity contribution in [1.82, 2.24) is 0 Å². The van der Waals surface area contributed by atoms with Gasteiger partial charge in [-0.25, -0.2) is 4.39 Å². The Morgan fingerprint density at radius 1 is 1.32 bits per heavy atom. The molecule has 1 aromatic carbocycles. The van der Waals surface area contributed by atoms with Gasteiger partial charge in [-0.05, 0) is 53.4 Å². The Bertz CT molecular complexity index is 495. The molecular formula is C15H19BrFNO. The van der Waals surface area contributed by atoms with E-state index in [1.54, 1.807) is 13.0 Å². The summed E-state index contributed by atoms with van der Waals surface area (Å²) in [5.41, 5.74) is 1.14. The molecule has 0 aliphatic heterocycles. The Hall–Kier alpha value is -0.900. The first-order chi connectivity index (χ1) is 8.92. The van der Waals surface area contributed by atoms with Crippen LogP contribution in [0.1, 0.15) is 44.6 Å². The van der Waals surface area contributed by atoms with Gasteiger partial charge in [0.2, 0.25) is 5.91 Å². The fourth-order valence-electron chi connectivity index (χ4n) is 2.61. The van der Waals surface area contributed by atoms with Gasteiger partial charge in [-0.1, -0.05) is 26.2 Å². The van der Waals surface area contributed by atoms with Crippen molar-refractivity contribution in [2.24, 2.45) is 5.41 Å². The molecule has 1 amide bonds. The summed E-state index contributed by atoms with van der Waals surface area (Å²) in [6.45, 7) is 3.82. The molecule has 1 fully saturated rings. The summed E-state index contributed by atoms with van der Waals surface area (Å²) >= 11 is 3.15. The van der Waals surface area contributed by atoms with Gasteiger partial charge in [0.05, 0.1) is 4.47 Å². The van der Waals surface area contributed by atoms with Crippen molar-refractivity contribution in [3.8, 4) is 0 Å². The van der Waals surface area contributed by atoms with Crippen molar-refractivity contribution in [3.05, 3.63) is 28.0 Å². The molecule has 0 radical (unpaired) electrons. The lowest BCUT2D eigenvalue weighted by atomic mass is 9.75. The van der Waals surface area contributed by atoms with Gasteiger partial charge in [0.25, 0.3) is 0 Å². The molecule has 2 rings (SSSR count). The van der Waals surface area contributed by atoms with Gasteiger partial charge in [-0.2, -0.15) is 0 Å². The smallest absolute Gasteiger partial charge is 0.230 e. The lowest BCUT2D eigenvalue weighted by Crippen LogP contribution is -2.35. The number of hydrogen-bond donors (Lipinski definition) is 1. The Labute approximate surface area is 121 Å². The number of rotatable bonds is 2. The van der Waals surface area contributed by atoms with Crippen LogP contribution in [-0.4, -0.2) is 5.91 Å². The van der Waals surface area contributed by atoms with Crippen LogP contribution >= 0.6 is 15.9 Å². The van der Waals surface area contributed by atoms with Crippen LogP contribution in [0, 0.1) is 18.2 Å². The van der Waals surface area contributed by atoms with Crippen LogP contribution in [0.4, 0.5) is 10.1 Å². The molecule has 0 unspecified atom stereocenters. The van der Waals surface area contributed by atoms with Gasteiger partial charge in [0.1, 0.15) is 5.82 Å². The van der Waals surface area contributed by atoms with E-state index < -0.39 is 0 Å². The van der Waals surface area contributed by atoms with E-state index in [9.17, 15) is 9.18 Å². The van der Waals surface area contributed by atoms with Gasteiger partial charge in [0, 0.05) is 11.1 Å². The van der Waals surface area contributed by atoms with E-state index in [-0.39, 0.29) is 17.1 Å². The van der Waals surface area contributed by atoms with Crippen molar-refractivity contribution in [2.75, 3.05) is 5.32 Å². The van der Waals surface area contributed by atoms with E-state index >= 15 is 0 Å². The number of carbonyl (C=O) groups excluding carboxylic acids is 1. The van der Waals surface area contributed by atoms with E-state index in [2.05, 4.69) is 21.2 Å². The van der Waals surface area contributed by atoms with E-state index in [4.69, 9.17) is 0 Å². The molecule has 1 aliphatic carbocycles. The Morgan fingerprint density at radius 3 is 2.58 bits per heavy atom. The standard InChI is InChI=1S/C15H19BrFNO/c1-10-8-12(17)11(16)9-13(10)18-14(19)15(2)6-4-3-5-7-15/h8-9H,3-7H2,1-2H3,(H,18,19). The second-order valence-corrected chi connectivity index (χ2v) is 6.51. The fourth-order valence-corrected chi connectivity index (χ4v) is 2.96. The summed E-state index contributed by atoms with van der Waals surface area (Å²) in [4.78, 5) is 12.4. The Kier molecular flexibility index (Phi) is 4.29. The molecule has 4 heteroatoms. The predicted molar refractivity (Wildman–Crippen MR) is 78.7 cm³/mol. The van der Waals surface area contributed by atoms with Gasteiger partial charge >= 0.3 is 0 Å². The predicted octanol–water partition coefficient (Wildman–Crippen LogP) is 4.81. The lowest BCUT2D eigenvalue weighted by molar-refractivity contribution is -0.126. The van der Waals surface area contributed by atoms with Gasteiger partial charge in [-0.15, -0.1) is 0 Å². The van der Waals surface area contributed by atoms with Crippen LogP contribution in [0.3, 0.4) is 0 Å². The Balaban J connectivity index is 2.16. The number of nitrogens with one attached hydrogen (secondary N) is 1. The molecule has 0 heterocycles. The maximum atomic E-state index is 13.4. The average Bonchev–Trinajstić information content (AvgIpc) is 2.36. The van der Waals surface area contributed by atoms with Crippen LogP contribution in [0.2, 0.25) is 0 Å². The highest BCUT2D eigenvalue weighted by Gasteiger charge is 2.34. The molecular weight excluding hydrogens is 309 g/mol. The monoisotopic (exact) mass is 327 g/mol. The molecule has 0 bridgehead atoms. The zero-order chi connectivity index (χ0) is 14.0. The normalized spacial score (nSPS) is 18.1. The summed E-state index contributed by atoms with van der Waals surface area (Å²) in [6, 6.07) is 3.07. The molecule has 0 saturated heterocycles. The quantitative estimate of drug-likeness (QED) is 0.830. The first-order valence-corrected chi connectivity index (χ1v) is 7.49. The van der Waals surface area contributed by atoms with Crippen molar-refractivity contribution >= 4 is 27.5 Å². The van der Waals surface area contributed by atoms with Crippen LogP contribution in [0.5, 0.6) is 0 Å². The maximum Gasteiger partial charge on any atom is 0.230 e. The summed E-state index contributed by atoms with van der Waals surface area (Å²) < 4.78 is 13.7. The molecule has 0 aromatic heterocycles. The molecule has 0 atom stereocenters. The van der Waals surface area contributed by atoms with Gasteiger partial charge in [-0.3, -0.25) is 4.79 Å². The minimum atomic E-state index is -0.306. The van der Waals surface area contributed by atoms with Crippen molar-refractivity contribution in [1.29, 1.82) is 0 Å². The Morgan fingerprint density at radius 2 is 1.95 bits per heavy atom. The zero-order valence-electron chi connectivity index (χ0n) is 11.4. The van der Waals surface area contributed by atoms with Crippen molar-refractivity contribution in [3.63, 3.8) is 0 Å². The van der Waals surface area contributed by atoms with Crippen molar-refractivity contribution < 1.29 is 9.18 Å². The fraction of sp³-hybridized carbons (Fsp3) is 0.533.